The molecule has 1 amide bonds. The number of likely N-dealkylation sites (tertiary alicyclic amines) is 1. The molecule has 0 aromatic heterocycles. The molecule has 1 heterocycles. The molecular formula is C16H18BrNO5S. The number of nitrogens with zero attached hydrogens (tertiary/aromatic N) is 1. The molecule has 24 heavy (non-hydrogen) atoms. The topological polar surface area (TPSA) is 80.8 Å². The van der Waals surface area contributed by atoms with Gasteiger partial charge in [-0.15, -0.1) is 0 Å². The molecular weight excluding hydrogens is 398 g/mol. The van der Waals surface area contributed by atoms with Gasteiger partial charge in [0.1, 0.15) is 17.1 Å². The van der Waals surface area contributed by atoms with E-state index in [1.807, 2.05) is 18.2 Å². The SMILES string of the molecule is CC(C)=C(C(=O)OCc1ccccc1)N1C(=O)[C@H](Br)[C@H]1S(C)(=O)=O. The van der Waals surface area contributed by atoms with E-state index in [1.54, 1.807) is 26.0 Å². The number of carbonyl (C=O) groups excluding carboxylic acids is 2. The van der Waals surface area contributed by atoms with E-state index in [0.717, 1.165) is 16.7 Å². The van der Waals surface area contributed by atoms with E-state index in [-0.39, 0.29) is 12.3 Å². The summed E-state index contributed by atoms with van der Waals surface area (Å²) in [7, 11) is -3.56. The second kappa shape index (κ2) is 7.06. The second-order valence-corrected chi connectivity index (χ2v) is 8.87. The van der Waals surface area contributed by atoms with Crippen LogP contribution in [0.15, 0.2) is 41.6 Å². The maximum Gasteiger partial charge on any atom is 0.355 e. The summed E-state index contributed by atoms with van der Waals surface area (Å²) in [6.07, 6.45) is 1.03. The number of ether oxygens (including phenoxy) is 1. The summed E-state index contributed by atoms with van der Waals surface area (Å²) < 4.78 is 29.1. The van der Waals surface area contributed by atoms with Crippen molar-refractivity contribution >= 4 is 37.6 Å². The predicted molar refractivity (Wildman–Crippen MR) is 92.8 cm³/mol. The summed E-state index contributed by atoms with van der Waals surface area (Å²) in [6.45, 7) is 3.31. The minimum atomic E-state index is -3.56. The number of sulfone groups is 1. The van der Waals surface area contributed by atoms with Crippen LogP contribution in [0.5, 0.6) is 0 Å². The molecule has 0 unspecified atom stereocenters. The maximum absolute atomic E-state index is 12.4. The minimum absolute atomic E-state index is 0.0259. The molecule has 0 saturated carbocycles. The number of rotatable bonds is 5. The molecule has 0 bridgehead atoms. The Bertz CT molecular complexity index is 784. The van der Waals surface area contributed by atoms with Crippen molar-refractivity contribution in [3.63, 3.8) is 0 Å². The van der Waals surface area contributed by atoms with Gasteiger partial charge >= 0.3 is 5.97 Å². The Hall–Kier alpha value is -1.67. The average molecular weight is 416 g/mol. The highest BCUT2D eigenvalue weighted by Gasteiger charge is 2.54. The third kappa shape index (κ3) is 3.70. The third-order valence-corrected chi connectivity index (χ3v) is 6.14. The standard InChI is InChI=1S/C16H18BrNO5S/c1-10(2)13(16(20)23-9-11-7-5-4-6-8-11)18-14(19)12(17)15(18)24(3,21)22/h4-8,12,15H,9H2,1-3H3/t12-,15+/m0/s1. The summed E-state index contributed by atoms with van der Waals surface area (Å²) >= 11 is 3.07. The zero-order chi connectivity index (χ0) is 18.1. The lowest BCUT2D eigenvalue weighted by molar-refractivity contribution is -0.149. The number of halogens is 1. The monoisotopic (exact) mass is 415 g/mol. The van der Waals surface area contributed by atoms with Crippen LogP contribution in [0.2, 0.25) is 0 Å². The number of amides is 1. The molecule has 1 fully saturated rings. The Balaban J connectivity index is 2.22. The first-order valence-electron chi connectivity index (χ1n) is 7.19. The Morgan fingerprint density at radius 3 is 2.33 bits per heavy atom. The normalized spacial score (nSPS) is 20.3. The van der Waals surface area contributed by atoms with Crippen LogP contribution >= 0.6 is 15.9 Å². The van der Waals surface area contributed by atoms with Gasteiger partial charge in [0.05, 0.1) is 0 Å². The fourth-order valence-electron chi connectivity index (χ4n) is 2.41. The molecule has 1 aliphatic rings. The highest BCUT2D eigenvalue weighted by molar-refractivity contribution is 9.10. The number of allylic oxidation sites excluding steroid dienone is 1. The number of esters is 1. The van der Waals surface area contributed by atoms with Crippen LogP contribution in [0.25, 0.3) is 0 Å². The smallest absolute Gasteiger partial charge is 0.355 e. The van der Waals surface area contributed by atoms with E-state index in [9.17, 15) is 18.0 Å². The summed E-state index contributed by atoms with van der Waals surface area (Å²) in [5, 5.41) is -1.11. The van der Waals surface area contributed by atoms with Crippen molar-refractivity contribution in [1.29, 1.82) is 0 Å². The van der Waals surface area contributed by atoms with Gasteiger partial charge in [-0.1, -0.05) is 46.3 Å². The van der Waals surface area contributed by atoms with Crippen molar-refractivity contribution in [2.75, 3.05) is 6.26 Å². The summed E-state index contributed by atoms with van der Waals surface area (Å²) in [4.78, 5) is 24.7. The number of hydrogen-bond donors (Lipinski definition) is 0. The van der Waals surface area contributed by atoms with Crippen LogP contribution in [0, 0.1) is 0 Å². The zero-order valence-electron chi connectivity index (χ0n) is 13.5. The molecule has 130 valence electrons. The van der Waals surface area contributed by atoms with Crippen LogP contribution in [-0.2, 0) is 30.8 Å². The Kier molecular flexibility index (Phi) is 5.49. The van der Waals surface area contributed by atoms with E-state index < -0.39 is 31.9 Å². The first kappa shape index (κ1) is 18.7. The number of alkyl halides is 1. The molecule has 1 aromatic carbocycles. The van der Waals surface area contributed by atoms with E-state index in [4.69, 9.17) is 4.74 Å². The maximum atomic E-state index is 12.4. The number of hydrogen-bond acceptors (Lipinski definition) is 5. The van der Waals surface area contributed by atoms with Crippen molar-refractivity contribution in [2.24, 2.45) is 0 Å². The highest BCUT2D eigenvalue weighted by Crippen LogP contribution is 2.35. The van der Waals surface area contributed by atoms with E-state index in [0.29, 0.717) is 5.57 Å². The van der Waals surface area contributed by atoms with Crippen LogP contribution in [0.1, 0.15) is 19.4 Å². The average Bonchev–Trinajstić information content (AvgIpc) is 2.51. The zero-order valence-corrected chi connectivity index (χ0v) is 15.9. The molecule has 0 aliphatic carbocycles. The predicted octanol–water partition coefficient (Wildman–Crippen LogP) is 2.00. The number of β-lactam (4-membered cyclic amide) rings is 1. The van der Waals surface area contributed by atoms with Gasteiger partial charge in [0.25, 0.3) is 0 Å². The molecule has 0 N–H and O–H groups in total. The van der Waals surface area contributed by atoms with Crippen LogP contribution in [0.3, 0.4) is 0 Å². The summed E-state index contributed by atoms with van der Waals surface area (Å²) in [5.74, 6) is -1.20. The molecule has 6 nitrogen and oxygen atoms in total. The molecule has 2 rings (SSSR count). The second-order valence-electron chi connectivity index (χ2n) is 5.74. The Morgan fingerprint density at radius 2 is 1.83 bits per heavy atom. The molecule has 1 aromatic rings. The first-order chi connectivity index (χ1) is 11.1. The van der Waals surface area contributed by atoms with Crippen LogP contribution in [0.4, 0.5) is 0 Å². The summed E-state index contributed by atoms with van der Waals surface area (Å²) in [5.41, 5.74) is 1.28. The fourth-order valence-corrected chi connectivity index (χ4v) is 5.19. The fraction of sp³-hybridized carbons (Fsp3) is 0.375. The molecule has 2 atom stereocenters. The Labute approximate surface area is 149 Å². The number of benzene rings is 1. The van der Waals surface area contributed by atoms with Gasteiger partial charge < -0.3 is 4.74 Å². The lowest BCUT2D eigenvalue weighted by Crippen LogP contribution is -2.65. The minimum Gasteiger partial charge on any atom is -0.456 e. The molecule has 1 aliphatic heterocycles. The lowest BCUT2D eigenvalue weighted by Gasteiger charge is -2.43. The Morgan fingerprint density at radius 1 is 1.25 bits per heavy atom. The van der Waals surface area contributed by atoms with Crippen LogP contribution in [-0.4, -0.2) is 41.7 Å². The molecule has 8 heteroatoms. The van der Waals surface area contributed by atoms with Crippen molar-refractivity contribution in [1.82, 2.24) is 4.90 Å². The van der Waals surface area contributed by atoms with Crippen molar-refractivity contribution in [3.05, 3.63) is 47.2 Å². The third-order valence-electron chi connectivity index (χ3n) is 3.54. The van der Waals surface area contributed by atoms with Crippen molar-refractivity contribution in [3.8, 4) is 0 Å². The summed E-state index contributed by atoms with van der Waals surface area (Å²) in [6, 6.07) is 9.09. The van der Waals surface area contributed by atoms with Crippen molar-refractivity contribution in [2.45, 2.75) is 30.7 Å². The van der Waals surface area contributed by atoms with Gasteiger partial charge in [0.2, 0.25) is 5.91 Å². The van der Waals surface area contributed by atoms with Gasteiger partial charge in [0.15, 0.2) is 15.2 Å². The van der Waals surface area contributed by atoms with Gasteiger partial charge in [-0.05, 0) is 25.0 Å². The largest absolute Gasteiger partial charge is 0.456 e. The molecule has 0 spiro atoms. The van der Waals surface area contributed by atoms with E-state index >= 15 is 0 Å². The quantitative estimate of drug-likeness (QED) is 0.318. The van der Waals surface area contributed by atoms with Crippen LogP contribution < -0.4 is 0 Å². The lowest BCUT2D eigenvalue weighted by atomic mass is 10.1. The van der Waals surface area contributed by atoms with Crippen molar-refractivity contribution < 1.29 is 22.7 Å². The van der Waals surface area contributed by atoms with Gasteiger partial charge in [-0.3, -0.25) is 9.69 Å². The highest BCUT2D eigenvalue weighted by atomic mass is 79.9. The molecule has 1 saturated heterocycles. The first-order valence-corrected chi connectivity index (χ1v) is 10.1. The number of carbonyl (C=O) groups is 2. The van der Waals surface area contributed by atoms with Gasteiger partial charge in [0, 0.05) is 6.26 Å². The van der Waals surface area contributed by atoms with Gasteiger partial charge in [-0.25, -0.2) is 13.2 Å². The van der Waals surface area contributed by atoms with E-state index in [1.165, 1.54) is 0 Å². The van der Waals surface area contributed by atoms with E-state index in [2.05, 4.69) is 15.9 Å². The van der Waals surface area contributed by atoms with Gasteiger partial charge in [-0.2, -0.15) is 0 Å². The molecule has 0 radical (unpaired) electrons.